The Morgan fingerprint density at radius 1 is 1.17 bits per heavy atom. The van der Waals surface area contributed by atoms with Crippen LogP contribution in [0.2, 0.25) is 0 Å². The van der Waals surface area contributed by atoms with E-state index in [0.29, 0.717) is 5.25 Å². The fourth-order valence-electron chi connectivity index (χ4n) is 2.36. The number of hydrogen-bond acceptors (Lipinski definition) is 3. The molecular formula is C15H24N2S. The van der Waals surface area contributed by atoms with Crippen molar-refractivity contribution >= 4 is 11.9 Å². The van der Waals surface area contributed by atoms with Gasteiger partial charge in [0, 0.05) is 38.0 Å². The minimum Gasteiger partial charge on any atom is -0.296 e. The largest absolute Gasteiger partial charge is 0.296 e. The summed E-state index contributed by atoms with van der Waals surface area (Å²) >= 11 is 1.99. The molecule has 18 heavy (non-hydrogen) atoms. The standard InChI is InChI=1S/C15H24N2S/c1-13(2)18-17-9-7-16(8-10-17)12-15-6-4-5-14(3)11-15/h4-6,11,13H,7-10,12H2,1-3H3. The number of benzene rings is 1. The molecule has 0 N–H and O–H groups in total. The fourth-order valence-corrected chi connectivity index (χ4v) is 3.33. The first kappa shape index (κ1) is 13.9. The van der Waals surface area contributed by atoms with Crippen LogP contribution in [0.4, 0.5) is 0 Å². The Bertz CT molecular complexity index is 371. The Labute approximate surface area is 115 Å². The van der Waals surface area contributed by atoms with Gasteiger partial charge in [-0.3, -0.25) is 4.90 Å². The third-order valence-corrected chi connectivity index (χ3v) is 4.26. The highest BCUT2D eigenvalue weighted by molar-refractivity contribution is 7.97. The summed E-state index contributed by atoms with van der Waals surface area (Å²) in [6, 6.07) is 8.87. The maximum atomic E-state index is 2.56. The predicted molar refractivity (Wildman–Crippen MR) is 80.8 cm³/mol. The molecular weight excluding hydrogens is 240 g/mol. The first-order valence-electron chi connectivity index (χ1n) is 6.83. The number of aryl methyl sites for hydroxylation is 1. The molecule has 2 rings (SSSR count). The summed E-state index contributed by atoms with van der Waals surface area (Å²) in [5.41, 5.74) is 2.81. The van der Waals surface area contributed by atoms with E-state index in [-0.39, 0.29) is 0 Å². The second-order valence-corrected chi connectivity index (χ2v) is 7.02. The Balaban J connectivity index is 1.80. The van der Waals surface area contributed by atoms with Crippen molar-refractivity contribution in [1.29, 1.82) is 0 Å². The average Bonchev–Trinajstić information content (AvgIpc) is 2.31. The van der Waals surface area contributed by atoms with Gasteiger partial charge in [0.15, 0.2) is 0 Å². The lowest BCUT2D eigenvalue weighted by molar-refractivity contribution is 0.189. The van der Waals surface area contributed by atoms with E-state index in [9.17, 15) is 0 Å². The number of nitrogens with zero attached hydrogens (tertiary/aromatic N) is 2. The first-order chi connectivity index (χ1) is 8.63. The maximum absolute atomic E-state index is 2.56. The van der Waals surface area contributed by atoms with Crippen LogP contribution >= 0.6 is 11.9 Å². The molecule has 1 heterocycles. The van der Waals surface area contributed by atoms with E-state index >= 15 is 0 Å². The zero-order valence-electron chi connectivity index (χ0n) is 11.7. The summed E-state index contributed by atoms with van der Waals surface area (Å²) in [5.74, 6) is 0. The molecule has 1 aromatic carbocycles. The van der Waals surface area contributed by atoms with Crippen LogP contribution < -0.4 is 0 Å². The van der Waals surface area contributed by atoms with Crippen molar-refractivity contribution in [1.82, 2.24) is 9.21 Å². The van der Waals surface area contributed by atoms with E-state index in [0.717, 1.165) is 6.54 Å². The lowest BCUT2D eigenvalue weighted by atomic mass is 10.1. The van der Waals surface area contributed by atoms with E-state index in [4.69, 9.17) is 0 Å². The van der Waals surface area contributed by atoms with Gasteiger partial charge in [-0.25, -0.2) is 4.31 Å². The zero-order chi connectivity index (χ0) is 13.0. The van der Waals surface area contributed by atoms with Gasteiger partial charge in [-0.2, -0.15) is 0 Å². The molecule has 2 nitrogen and oxygen atoms in total. The molecule has 1 aromatic rings. The van der Waals surface area contributed by atoms with Gasteiger partial charge >= 0.3 is 0 Å². The van der Waals surface area contributed by atoms with Crippen molar-refractivity contribution in [2.75, 3.05) is 26.2 Å². The van der Waals surface area contributed by atoms with Crippen molar-refractivity contribution in [2.45, 2.75) is 32.6 Å². The third kappa shape index (κ3) is 4.30. The Morgan fingerprint density at radius 3 is 2.50 bits per heavy atom. The van der Waals surface area contributed by atoms with Gasteiger partial charge in [0.05, 0.1) is 0 Å². The van der Waals surface area contributed by atoms with Crippen LogP contribution in [0.1, 0.15) is 25.0 Å². The molecule has 0 unspecified atom stereocenters. The summed E-state index contributed by atoms with van der Waals surface area (Å²) in [4.78, 5) is 2.56. The van der Waals surface area contributed by atoms with Crippen LogP contribution in [0.25, 0.3) is 0 Å². The highest BCUT2D eigenvalue weighted by atomic mass is 32.2. The number of rotatable bonds is 4. The van der Waals surface area contributed by atoms with E-state index in [1.54, 1.807) is 0 Å². The van der Waals surface area contributed by atoms with Gasteiger partial charge < -0.3 is 0 Å². The summed E-state index contributed by atoms with van der Waals surface area (Å²) in [6.07, 6.45) is 0. The molecule has 100 valence electrons. The average molecular weight is 264 g/mol. The SMILES string of the molecule is Cc1cccc(CN2CCN(SC(C)C)CC2)c1. The van der Waals surface area contributed by atoms with E-state index < -0.39 is 0 Å². The van der Waals surface area contributed by atoms with Crippen molar-refractivity contribution in [3.63, 3.8) is 0 Å². The van der Waals surface area contributed by atoms with Gasteiger partial charge in [-0.1, -0.05) is 55.6 Å². The molecule has 0 atom stereocenters. The van der Waals surface area contributed by atoms with Crippen LogP contribution in [-0.4, -0.2) is 40.6 Å². The monoisotopic (exact) mass is 264 g/mol. The van der Waals surface area contributed by atoms with Crippen LogP contribution in [0, 0.1) is 6.92 Å². The molecule has 0 saturated carbocycles. The molecule has 0 aliphatic carbocycles. The normalized spacial score (nSPS) is 18.4. The number of hydrogen-bond donors (Lipinski definition) is 0. The van der Waals surface area contributed by atoms with Crippen molar-refractivity contribution < 1.29 is 0 Å². The van der Waals surface area contributed by atoms with Gasteiger partial charge in [0.25, 0.3) is 0 Å². The van der Waals surface area contributed by atoms with Gasteiger partial charge in [-0.05, 0) is 12.5 Å². The summed E-state index contributed by atoms with van der Waals surface area (Å²) in [6.45, 7) is 12.6. The molecule has 1 fully saturated rings. The topological polar surface area (TPSA) is 6.48 Å². The Morgan fingerprint density at radius 2 is 1.89 bits per heavy atom. The van der Waals surface area contributed by atoms with Gasteiger partial charge in [0.1, 0.15) is 0 Å². The highest BCUT2D eigenvalue weighted by Gasteiger charge is 2.17. The van der Waals surface area contributed by atoms with E-state index in [1.807, 2.05) is 11.9 Å². The predicted octanol–water partition coefficient (Wildman–Crippen LogP) is 3.17. The maximum Gasteiger partial charge on any atom is 0.0234 e. The smallest absolute Gasteiger partial charge is 0.0234 e. The van der Waals surface area contributed by atoms with Crippen molar-refractivity contribution in [3.05, 3.63) is 35.4 Å². The van der Waals surface area contributed by atoms with Crippen LogP contribution in [0.3, 0.4) is 0 Å². The fraction of sp³-hybridized carbons (Fsp3) is 0.600. The second-order valence-electron chi connectivity index (χ2n) is 5.35. The molecule has 0 radical (unpaired) electrons. The summed E-state index contributed by atoms with van der Waals surface area (Å²) < 4.78 is 2.51. The van der Waals surface area contributed by atoms with Crippen molar-refractivity contribution in [2.24, 2.45) is 0 Å². The zero-order valence-corrected chi connectivity index (χ0v) is 12.5. The molecule has 0 amide bonds. The Hall–Kier alpha value is -0.510. The third-order valence-electron chi connectivity index (χ3n) is 3.18. The number of piperazine rings is 1. The lowest BCUT2D eigenvalue weighted by Gasteiger charge is -2.34. The molecule has 1 aliphatic heterocycles. The van der Waals surface area contributed by atoms with Crippen LogP contribution in [0.5, 0.6) is 0 Å². The minimum atomic E-state index is 0.702. The minimum absolute atomic E-state index is 0.702. The molecule has 0 aromatic heterocycles. The molecule has 3 heteroatoms. The molecule has 1 aliphatic rings. The van der Waals surface area contributed by atoms with Crippen LogP contribution in [0.15, 0.2) is 24.3 Å². The highest BCUT2D eigenvalue weighted by Crippen LogP contribution is 2.19. The molecule has 0 bridgehead atoms. The first-order valence-corrected chi connectivity index (χ1v) is 7.67. The quantitative estimate of drug-likeness (QED) is 0.771. The van der Waals surface area contributed by atoms with E-state index in [1.165, 1.54) is 37.3 Å². The summed E-state index contributed by atoms with van der Waals surface area (Å²) in [7, 11) is 0. The van der Waals surface area contributed by atoms with Crippen molar-refractivity contribution in [3.8, 4) is 0 Å². The molecule has 0 spiro atoms. The van der Waals surface area contributed by atoms with E-state index in [2.05, 4.69) is 54.2 Å². The van der Waals surface area contributed by atoms with Gasteiger partial charge in [-0.15, -0.1) is 0 Å². The summed E-state index contributed by atoms with van der Waals surface area (Å²) in [5, 5.41) is 0.702. The second kappa shape index (κ2) is 6.60. The molecule has 1 saturated heterocycles. The Kier molecular flexibility index (Phi) is 5.10. The van der Waals surface area contributed by atoms with Crippen LogP contribution in [-0.2, 0) is 6.54 Å². The van der Waals surface area contributed by atoms with Gasteiger partial charge in [0.2, 0.25) is 0 Å². The lowest BCUT2D eigenvalue weighted by Crippen LogP contribution is -2.43.